The van der Waals surface area contributed by atoms with E-state index in [1.807, 2.05) is 19.2 Å². The van der Waals surface area contributed by atoms with E-state index in [0.29, 0.717) is 11.6 Å². The van der Waals surface area contributed by atoms with E-state index in [9.17, 15) is 14.4 Å². The number of aromatic nitrogens is 1. The number of carbonyl (C=O) groups is 3. The number of hydrogen-bond acceptors (Lipinski definition) is 4. The van der Waals surface area contributed by atoms with E-state index in [1.54, 1.807) is 6.07 Å². The zero-order valence-corrected chi connectivity index (χ0v) is 15.0. The molecule has 27 heavy (non-hydrogen) atoms. The number of carbonyl (C=O) groups excluding carboxylic acids is 1. The van der Waals surface area contributed by atoms with Crippen LogP contribution in [0.1, 0.15) is 40.9 Å². The molecule has 1 aliphatic carbocycles. The summed E-state index contributed by atoms with van der Waals surface area (Å²) in [6.07, 6.45) is 2.62. The normalized spacial score (nSPS) is 15.1. The Kier molecular flexibility index (Phi) is 7.95. The van der Waals surface area contributed by atoms with Crippen LogP contribution in [0.3, 0.4) is 0 Å². The second kappa shape index (κ2) is 9.70. The molecule has 0 fully saturated rings. The van der Waals surface area contributed by atoms with Gasteiger partial charge in [-0.25, -0.2) is 0 Å². The molecule has 0 aliphatic heterocycles. The first kappa shape index (κ1) is 22.1. The third-order valence-corrected chi connectivity index (χ3v) is 4.43. The van der Waals surface area contributed by atoms with Gasteiger partial charge in [-0.3, -0.25) is 14.4 Å². The number of nitrogens with one attached hydrogen (secondary N) is 2. The number of hydrogen-bond donors (Lipinski definition) is 5. The number of amides is 1. The van der Waals surface area contributed by atoms with Gasteiger partial charge in [0, 0.05) is 28.2 Å². The number of likely N-dealkylation sites (N-methyl/N-ethyl adjacent to an activating group) is 1. The Balaban J connectivity index is 0.000000350. The number of aryl methyl sites for hydroxylation is 1. The van der Waals surface area contributed by atoms with Crippen LogP contribution in [0.15, 0.2) is 18.2 Å². The minimum atomic E-state index is -1.08. The minimum absolute atomic E-state index is 0. The monoisotopic (exact) mass is 379 g/mol. The van der Waals surface area contributed by atoms with Gasteiger partial charge in [0.25, 0.3) is 0 Å². The van der Waals surface area contributed by atoms with Crippen molar-refractivity contribution in [3.63, 3.8) is 0 Å². The molecule has 1 atom stereocenters. The molecule has 0 saturated carbocycles. The number of H-pyrrole nitrogens is 1. The lowest BCUT2D eigenvalue weighted by Crippen LogP contribution is -2.31. The highest BCUT2D eigenvalue weighted by Crippen LogP contribution is 2.29. The molecule has 1 aromatic carbocycles. The summed E-state index contributed by atoms with van der Waals surface area (Å²) in [5.74, 6) is -2.52. The first-order chi connectivity index (χ1) is 12.3. The number of benzene rings is 1. The lowest BCUT2D eigenvalue weighted by molar-refractivity contribution is -0.143. The van der Waals surface area contributed by atoms with E-state index in [4.69, 9.17) is 15.9 Å². The van der Waals surface area contributed by atoms with Gasteiger partial charge in [-0.2, -0.15) is 0 Å². The maximum atomic E-state index is 11.3. The molecule has 2 aromatic rings. The second-order valence-electron chi connectivity index (χ2n) is 6.22. The van der Waals surface area contributed by atoms with Gasteiger partial charge in [-0.1, -0.05) is 0 Å². The number of primary amides is 1. The lowest BCUT2D eigenvalue weighted by Gasteiger charge is -2.21. The molecule has 8 N–H and O–H groups in total. The summed E-state index contributed by atoms with van der Waals surface area (Å²) in [4.78, 5) is 34.0. The fourth-order valence-electron chi connectivity index (χ4n) is 3.03. The van der Waals surface area contributed by atoms with Gasteiger partial charge < -0.3 is 31.7 Å². The Labute approximate surface area is 155 Å². The average molecular weight is 379 g/mol. The van der Waals surface area contributed by atoms with Crippen LogP contribution in [0.2, 0.25) is 0 Å². The average Bonchev–Trinajstić information content (AvgIpc) is 2.97. The SMILES string of the molecule is CN[C@H]1CCc2[nH]c3ccc(C(N)=O)cc3c2C1.O.O=C(O)CCC(=O)O. The number of aliphatic carboxylic acids is 2. The van der Waals surface area contributed by atoms with Crippen LogP contribution >= 0.6 is 0 Å². The molecule has 9 heteroatoms. The van der Waals surface area contributed by atoms with Crippen LogP contribution in [-0.4, -0.2) is 51.6 Å². The maximum absolute atomic E-state index is 11.3. The molecule has 3 rings (SSSR count). The number of carboxylic acids is 2. The molecule has 9 nitrogen and oxygen atoms in total. The quantitative estimate of drug-likeness (QED) is 0.503. The van der Waals surface area contributed by atoms with Crippen LogP contribution in [0.4, 0.5) is 0 Å². The van der Waals surface area contributed by atoms with Gasteiger partial charge in [-0.05, 0) is 50.1 Å². The molecule has 0 spiro atoms. The highest BCUT2D eigenvalue weighted by atomic mass is 16.4. The van der Waals surface area contributed by atoms with Crippen molar-refractivity contribution >= 4 is 28.7 Å². The largest absolute Gasteiger partial charge is 0.481 e. The summed E-state index contributed by atoms with van der Waals surface area (Å²) in [5, 5.41) is 20.3. The van der Waals surface area contributed by atoms with E-state index in [2.05, 4.69) is 10.3 Å². The van der Waals surface area contributed by atoms with Crippen molar-refractivity contribution in [3.8, 4) is 0 Å². The van der Waals surface area contributed by atoms with Crippen LogP contribution in [0, 0.1) is 0 Å². The molecular formula is C18H25N3O6. The van der Waals surface area contributed by atoms with Crippen LogP contribution in [0.5, 0.6) is 0 Å². The lowest BCUT2D eigenvalue weighted by atomic mass is 9.91. The highest BCUT2D eigenvalue weighted by molar-refractivity contribution is 5.98. The number of carboxylic acid groups (broad SMARTS) is 2. The molecule has 1 aromatic heterocycles. The van der Waals surface area contributed by atoms with E-state index in [1.165, 1.54) is 11.3 Å². The van der Waals surface area contributed by atoms with Crippen LogP contribution in [-0.2, 0) is 22.4 Å². The zero-order valence-electron chi connectivity index (χ0n) is 15.0. The van der Waals surface area contributed by atoms with Gasteiger partial charge in [-0.15, -0.1) is 0 Å². The summed E-state index contributed by atoms with van der Waals surface area (Å²) in [6, 6.07) is 6.16. The maximum Gasteiger partial charge on any atom is 0.303 e. The zero-order chi connectivity index (χ0) is 19.3. The van der Waals surface area contributed by atoms with Crippen molar-refractivity contribution in [1.82, 2.24) is 10.3 Å². The molecule has 0 bridgehead atoms. The van der Waals surface area contributed by atoms with Gasteiger partial charge in [0.05, 0.1) is 12.8 Å². The van der Waals surface area contributed by atoms with E-state index >= 15 is 0 Å². The van der Waals surface area contributed by atoms with Crippen LogP contribution < -0.4 is 11.1 Å². The van der Waals surface area contributed by atoms with Gasteiger partial charge in [0.2, 0.25) is 5.91 Å². The van der Waals surface area contributed by atoms with Crippen molar-refractivity contribution in [2.45, 2.75) is 38.1 Å². The summed E-state index contributed by atoms with van der Waals surface area (Å²) >= 11 is 0. The third-order valence-electron chi connectivity index (χ3n) is 4.43. The van der Waals surface area contributed by atoms with E-state index in [-0.39, 0.29) is 24.2 Å². The summed E-state index contributed by atoms with van der Waals surface area (Å²) in [7, 11) is 2.00. The van der Waals surface area contributed by atoms with Crippen LogP contribution in [0.25, 0.3) is 10.9 Å². The van der Waals surface area contributed by atoms with Crippen molar-refractivity contribution in [3.05, 3.63) is 35.0 Å². The first-order valence-corrected chi connectivity index (χ1v) is 8.36. The molecule has 0 unspecified atom stereocenters. The standard InChI is InChI=1S/C14H17N3O.C4H6O4.H2O/c1-16-9-3-5-13-11(7-9)10-6-8(14(15)18)2-4-12(10)17-13;5-3(6)1-2-4(7)8;/h2,4,6,9,16-17H,3,5,7H2,1H3,(H2,15,18);1-2H2,(H,5,6)(H,7,8);1H2/t9-;;/m0../s1. The highest BCUT2D eigenvalue weighted by Gasteiger charge is 2.21. The Morgan fingerprint density at radius 1 is 1.22 bits per heavy atom. The number of rotatable bonds is 5. The molecular weight excluding hydrogens is 354 g/mol. The number of fused-ring (bicyclic) bond motifs is 3. The summed E-state index contributed by atoms with van der Waals surface area (Å²) in [5.41, 5.74) is 9.66. The smallest absolute Gasteiger partial charge is 0.303 e. The molecule has 0 saturated heterocycles. The minimum Gasteiger partial charge on any atom is -0.481 e. The molecule has 1 heterocycles. The van der Waals surface area contributed by atoms with Gasteiger partial charge >= 0.3 is 11.9 Å². The van der Waals surface area contributed by atoms with Gasteiger partial charge in [0.1, 0.15) is 0 Å². The molecule has 0 radical (unpaired) electrons. The Morgan fingerprint density at radius 2 is 1.85 bits per heavy atom. The third kappa shape index (κ3) is 5.80. The Hall–Kier alpha value is -2.91. The topological polar surface area (TPSA) is 177 Å². The van der Waals surface area contributed by atoms with Crippen molar-refractivity contribution in [1.29, 1.82) is 0 Å². The molecule has 1 aliphatic rings. The first-order valence-electron chi connectivity index (χ1n) is 8.36. The molecule has 1 amide bonds. The fraction of sp³-hybridized carbons (Fsp3) is 0.389. The summed E-state index contributed by atoms with van der Waals surface area (Å²) in [6.45, 7) is 0. The van der Waals surface area contributed by atoms with E-state index < -0.39 is 11.9 Å². The van der Waals surface area contributed by atoms with E-state index in [0.717, 1.165) is 30.2 Å². The van der Waals surface area contributed by atoms with Crippen molar-refractivity contribution < 1.29 is 30.1 Å². The Morgan fingerprint density at radius 3 is 2.37 bits per heavy atom. The van der Waals surface area contributed by atoms with Gasteiger partial charge in [0.15, 0.2) is 0 Å². The predicted molar refractivity (Wildman–Crippen MR) is 99.8 cm³/mol. The second-order valence-corrected chi connectivity index (χ2v) is 6.22. The van der Waals surface area contributed by atoms with Crippen molar-refractivity contribution in [2.75, 3.05) is 7.05 Å². The Bertz CT molecular complexity index is 816. The number of aromatic amines is 1. The fourth-order valence-corrected chi connectivity index (χ4v) is 3.03. The summed E-state index contributed by atoms with van der Waals surface area (Å²) < 4.78 is 0. The molecule has 148 valence electrons. The number of nitrogens with two attached hydrogens (primary N) is 1. The van der Waals surface area contributed by atoms with Crippen molar-refractivity contribution in [2.24, 2.45) is 5.73 Å². The predicted octanol–water partition coefficient (Wildman–Crippen LogP) is 0.455.